The summed E-state index contributed by atoms with van der Waals surface area (Å²) in [5.74, 6) is 1.47. The van der Waals surface area contributed by atoms with E-state index < -0.39 is 0 Å². The van der Waals surface area contributed by atoms with Crippen molar-refractivity contribution in [2.24, 2.45) is 0 Å². The van der Waals surface area contributed by atoms with E-state index in [1.54, 1.807) is 0 Å². The molecule has 30 heavy (non-hydrogen) atoms. The van der Waals surface area contributed by atoms with Crippen molar-refractivity contribution >= 4 is 11.6 Å². The lowest BCUT2D eigenvalue weighted by atomic mass is 9.95. The molecule has 0 bridgehead atoms. The first kappa shape index (κ1) is 19.2. The van der Waals surface area contributed by atoms with Crippen molar-refractivity contribution in [1.82, 2.24) is 24.4 Å². The van der Waals surface area contributed by atoms with Crippen molar-refractivity contribution in [2.45, 2.75) is 25.3 Å². The third kappa shape index (κ3) is 3.95. The van der Waals surface area contributed by atoms with Gasteiger partial charge in [-0.25, -0.2) is 0 Å². The molecular weight excluding hydrogens is 378 g/mol. The molecule has 2 aliphatic heterocycles. The van der Waals surface area contributed by atoms with Crippen LogP contribution in [-0.2, 0) is 11.3 Å². The molecule has 3 aromatic rings. The predicted molar refractivity (Wildman–Crippen MR) is 113 cm³/mol. The average molecular weight is 406 g/mol. The number of morpholine rings is 1. The first-order chi connectivity index (χ1) is 14.8. The zero-order valence-electron chi connectivity index (χ0n) is 17.1. The van der Waals surface area contributed by atoms with Crippen LogP contribution in [0.15, 0.2) is 48.7 Å². The summed E-state index contributed by atoms with van der Waals surface area (Å²) in [6.07, 6.45) is 3.84. The highest BCUT2D eigenvalue weighted by Gasteiger charge is 2.27. The molecule has 2 aromatic heterocycles. The van der Waals surface area contributed by atoms with Gasteiger partial charge < -0.3 is 9.64 Å². The minimum Gasteiger partial charge on any atom is -0.379 e. The highest BCUT2D eigenvalue weighted by molar-refractivity contribution is 5.94. The summed E-state index contributed by atoms with van der Waals surface area (Å²) in [6, 6.07) is 14.0. The standard InChI is InChI=1S/C23H27N5O2/c29-23(20-5-3-4-18(16-20)17-26-12-14-30-15-13-26)27-10-7-19(8-11-27)22-25-24-21-6-1-2-9-28(21)22/h1-6,9,16,19H,7-8,10-15,17H2. The van der Waals surface area contributed by atoms with Gasteiger partial charge >= 0.3 is 0 Å². The number of pyridine rings is 1. The van der Waals surface area contributed by atoms with Gasteiger partial charge in [-0.1, -0.05) is 18.2 Å². The number of ether oxygens (including phenoxy) is 1. The van der Waals surface area contributed by atoms with E-state index in [0.717, 1.165) is 75.8 Å². The van der Waals surface area contributed by atoms with Crippen LogP contribution in [0.4, 0.5) is 0 Å². The van der Waals surface area contributed by atoms with Crippen LogP contribution in [0.3, 0.4) is 0 Å². The molecule has 1 amide bonds. The van der Waals surface area contributed by atoms with Gasteiger partial charge in [0.05, 0.1) is 13.2 Å². The molecule has 0 aliphatic carbocycles. The Hall–Kier alpha value is -2.77. The number of carbonyl (C=O) groups is 1. The van der Waals surface area contributed by atoms with Crippen LogP contribution in [-0.4, -0.2) is 69.7 Å². The number of hydrogen-bond donors (Lipinski definition) is 0. The van der Waals surface area contributed by atoms with Gasteiger partial charge in [-0.05, 0) is 42.7 Å². The molecule has 7 heteroatoms. The lowest BCUT2D eigenvalue weighted by Gasteiger charge is -2.31. The molecule has 2 aliphatic rings. The van der Waals surface area contributed by atoms with Gasteiger partial charge in [0.25, 0.3) is 5.91 Å². The van der Waals surface area contributed by atoms with Gasteiger partial charge in [0.2, 0.25) is 0 Å². The Morgan fingerprint density at radius 2 is 1.83 bits per heavy atom. The quantitative estimate of drug-likeness (QED) is 0.668. The van der Waals surface area contributed by atoms with Crippen LogP contribution in [0, 0.1) is 0 Å². The van der Waals surface area contributed by atoms with E-state index in [0.29, 0.717) is 5.92 Å². The first-order valence-electron chi connectivity index (χ1n) is 10.8. The number of rotatable bonds is 4. The summed E-state index contributed by atoms with van der Waals surface area (Å²) >= 11 is 0. The van der Waals surface area contributed by atoms with E-state index in [9.17, 15) is 4.79 Å². The van der Waals surface area contributed by atoms with Crippen LogP contribution in [0.5, 0.6) is 0 Å². The second kappa shape index (κ2) is 8.53. The number of nitrogens with zero attached hydrogens (tertiary/aromatic N) is 5. The van der Waals surface area contributed by atoms with E-state index >= 15 is 0 Å². The Balaban J connectivity index is 1.23. The second-order valence-corrected chi connectivity index (χ2v) is 8.14. The lowest BCUT2D eigenvalue weighted by molar-refractivity contribution is 0.0341. The van der Waals surface area contributed by atoms with E-state index in [2.05, 4.69) is 31.6 Å². The van der Waals surface area contributed by atoms with Crippen molar-refractivity contribution in [3.63, 3.8) is 0 Å². The number of benzene rings is 1. The van der Waals surface area contributed by atoms with E-state index in [4.69, 9.17) is 4.74 Å². The second-order valence-electron chi connectivity index (χ2n) is 8.14. The summed E-state index contributed by atoms with van der Waals surface area (Å²) in [6.45, 7) is 5.83. The third-order valence-corrected chi connectivity index (χ3v) is 6.17. The molecule has 156 valence electrons. The maximum Gasteiger partial charge on any atom is 0.253 e. The average Bonchev–Trinajstić information content (AvgIpc) is 3.24. The summed E-state index contributed by atoms with van der Waals surface area (Å²) < 4.78 is 7.49. The molecule has 0 radical (unpaired) electrons. The molecule has 0 unspecified atom stereocenters. The zero-order valence-corrected chi connectivity index (χ0v) is 17.1. The van der Waals surface area contributed by atoms with E-state index in [1.165, 1.54) is 5.56 Å². The van der Waals surface area contributed by atoms with Gasteiger partial charge in [-0.2, -0.15) is 0 Å². The highest BCUT2D eigenvalue weighted by atomic mass is 16.5. The number of amides is 1. The SMILES string of the molecule is O=C(c1cccc(CN2CCOCC2)c1)N1CCC(c2nnc3ccccn23)CC1. The van der Waals surface area contributed by atoms with Gasteiger partial charge in [0, 0.05) is 50.4 Å². The van der Waals surface area contributed by atoms with Gasteiger partial charge in [0.15, 0.2) is 5.65 Å². The fourth-order valence-electron chi connectivity index (χ4n) is 4.48. The van der Waals surface area contributed by atoms with Crippen molar-refractivity contribution in [1.29, 1.82) is 0 Å². The molecule has 0 saturated carbocycles. The molecule has 1 aromatic carbocycles. The minimum absolute atomic E-state index is 0.128. The van der Waals surface area contributed by atoms with E-state index in [1.807, 2.05) is 41.4 Å². The number of fused-ring (bicyclic) bond motifs is 1. The fraction of sp³-hybridized carbons (Fsp3) is 0.435. The molecule has 7 nitrogen and oxygen atoms in total. The van der Waals surface area contributed by atoms with Gasteiger partial charge in [-0.3, -0.25) is 14.1 Å². The van der Waals surface area contributed by atoms with Crippen molar-refractivity contribution in [2.75, 3.05) is 39.4 Å². The third-order valence-electron chi connectivity index (χ3n) is 6.17. The Bertz CT molecular complexity index is 1020. The van der Waals surface area contributed by atoms with Gasteiger partial charge in [-0.15, -0.1) is 10.2 Å². The number of carbonyl (C=O) groups excluding carboxylic acids is 1. The number of aromatic nitrogens is 3. The summed E-state index contributed by atoms with van der Waals surface area (Å²) in [7, 11) is 0. The Kier molecular flexibility index (Phi) is 5.46. The van der Waals surface area contributed by atoms with Crippen LogP contribution in [0.25, 0.3) is 5.65 Å². The van der Waals surface area contributed by atoms with Crippen molar-refractivity contribution in [3.8, 4) is 0 Å². The smallest absolute Gasteiger partial charge is 0.253 e. The topological polar surface area (TPSA) is 63.0 Å². The summed E-state index contributed by atoms with van der Waals surface area (Å²) in [5, 5.41) is 8.68. The molecule has 0 atom stereocenters. The molecule has 2 saturated heterocycles. The van der Waals surface area contributed by atoms with Crippen molar-refractivity contribution in [3.05, 3.63) is 65.6 Å². The van der Waals surface area contributed by atoms with Gasteiger partial charge in [0.1, 0.15) is 5.82 Å². The van der Waals surface area contributed by atoms with Crippen LogP contribution >= 0.6 is 0 Å². The molecule has 0 N–H and O–H groups in total. The number of likely N-dealkylation sites (tertiary alicyclic amines) is 1. The fourth-order valence-corrected chi connectivity index (χ4v) is 4.48. The maximum atomic E-state index is 13.1. The Morgan fingerprint density at radius 3 is 2.67 bits per heavy atom. The summed E-state index contributed by atoms with van der Waals surface area (Å²) in [5.41, 5.74) is 2.85. The minimum atomic E-state index is 0.128. The number of hydrogen-bond acceptors (Lipinski definition) is 5. The predicted octanol–water partition coefficient (Wildman–Crippen LogP) is 2.58. The summed E-state index contributed by atoms with van der Waals surface area (Å²) in [4.78, 5) is 17.5. The number of piperidine rings is 1. The normalized spacial score (nSPS) is 18.7. The Labute approximate surface area is 176 Å². The van der Waals surface area contributed by atoms with Crippen LogP contribution in [0.1, 0.15) is 40.5 Å². The zero-order chi connectivity index (χ0) is 20.3. The molecule has 0 spiro atoms. The van der Waals surface area contributed by atoms with Crippen LogP contribution < -0.4 is 0 Å². The molecule has 5 rings (SSSR count). The molecule has 4 heterocycles. The largest absolute Gasteiger partial charge is 0.379 e. The van der Waals surface area contributed by atoms with E-state index in [-0.39, 0.29) is 5.91 Å². The Morgan fingerprint density at radius 1 is 1.00 bits per heavy atom. The van der Waals surface area contributed by atoms with Crippen LogP contribution in [0.2, 0.25) is 0 Å². The maximum absolute atomic E-state index is 13.1. The highest BCUT2D eigenvalue weighted by Crippen LogP contribution is 2.28. The monoisotopic (exact) mass is 405 g/mol. The molecular formula is C23H27N5O2. The first-order valence-corrected chi connectivity index (χ1v) is 10.8. The van der Waals surface area contributed by atoms with Crippen molar-refractivity contribution < 1.29 is 9.53 Å². The lowest BCUT2D eigenvalue weighted by Crippen LogP contribution is -2.38. The molecule has 2 fully saturated rings.